The average molecular weight is 245 g/mol. The van der Waals surface area contributed by atoms with Crippen LogP contribution in [0.2, 0.25) is 0 Å². The number of hydrogen-bond acceptors (Lipinski definition) is 4. The van der Waals surface area contributed by atoms with Crippen molar-refractivity contribution in [2.75, 3.05) is 0 Å². The summed E-state index contributed by atoms with van der Waals surface area (Å²) in [5.74, 6) is 2.50. The molecular formula is C13H19N5. The Morgan fingerprint density at radius 2 is 1.89 bits per heavy atom. The molecule has 1 aliphatic rings. The molecule has 2 aromatic heterocycles. The van der Waals surface area contributed by atoms with E-state index < -0.39 is 0 Å². The molecule has 0 spiro atoms. The maximum atomic E-state index is 5.96. The van der Waals surface area contributed by atoms with Gasteiger partial charge >= 0.3 is 0 Å². The smallest absolute Gasteiger partial charge is 0.164 e. The first-order valence-corrected chi connectivity index (χ1v) is 6.60. The van der Waals surface area contributed by atoms with E-state index in [1.807, 2.05) is 19.9 Å². The van der Waals surface area contributed by atoms with Gasteiger partial charge in [-0.25, -0.2) is 4.98 Å². The van der Waals surface area contributed by atoms with Crippen molar-refractivity contribution in [2.24, 2.45) is 5.73 Å². The first kappa shape index (κ1) is 11.6. The predicted octanol–water partition coefficient (Wildman–Crippen LogP) is 1.73. The van der Waals surface area contributed by atoms with E-state index in [1.165, 1.54) is 0 Å². The van der Waals surface area contributed by atoms with Crippen molar-refractivity contribution in [1.82, 2.24) is 19.6 Å². The number of nitrogens with zero attached hydrogens (tertiary/aromatic N) is 4. The lowest BCUT2D eigenvalue weighted by Crippen LogP contribution is -2.26. The molecule has 0 amide bonds. The molecule has 1 aliphatic carbocycles. The fraction of sp³-hybridized carbons (Fsp3) is 0.615. The van der Waals surface area contributed by atoms with Gasteiger partial charge in [-0.3, -0.25) is 4.40 Å². The van der Waals surface area contributed by atoms with Crippen molar-refractivity contribution < 1.29 is 0 Å². The van der Waals surface area contributed by atoms with Gasteiger partial charge in [-0.15, -0.1) is 10.2 Å². The maximum Gasteiger partial charge on any atom is 0.164 e. The van der Waals surface area contributed by atoms with E-state index in [2.05, 4.69) is 19.6 Å². The third-order valence-electron chi connectivity index (χ3n) is 3.85. The predicted molar refractivity (Wildman–Crippen MR) is 69.4 cm³/mol. The molecule has 2 heterocycles. The van der Waals surface area contributed by atoms with Crippen molar-refractivity contribution in [1.29, 1.82) is 0 Å². The Morgan fingerprint density at radius 1 is 1.17 bits per heavy atom. The Hall–Kier alpha value is -1.49. The van der Waals surface area contributed by atoms with Gasteiger partial charge in [0.2, 0.25) is 0 Å². The monoisotopic (exact) mass is 245 g/mol. The summed E-state index contributed by atoms with van der Waals surface area (Å²) < 4.78 is 2.09. The summed E-state index contributed by atoms with van der Waals surface area (Å²) in [6.45, 7) is 4.00. The molecule has 1 saturated carbocycles. The molecule has 2 aromatic rings. The van der Waals surface area contributed by atoms with Gasteiger partial charge in [-0.2, -0.15) is 0 Å². The van der Waals surface area contributed by atoms with Crippen LogP contribution in [-0.4, -0.2) is 25.6 Å². The minimum Gasteiger partial charge on any atom is -0.328 e. The van der Waals surface area contributed by atoms with Gasteiger partial charge in [-0.05, 0) is 39.5 Å². The second-order valence-electron chi connectivity index (χ2n) is 5.31. The minimum atomic E-state index is 0.363. The van der Waals surface area contributed by atoms with Gasteiger partial charge in [0.15, 0.2) is 5.65 Å². The highest BCUT2D eigenvalue weighted by Gasteiger charge is 2.24. The van der Waals surface area contributed by atoms with Crippen LogP contribution in [0.4, 0.5) is 0 Å². The molecule has 18 heavy (non-hydrogen) atoms. The number of hydrogen-bond donors (Lipinski definition) is 1. The molecule has 0 bridgehead atoms. The first-order chi connectivity index (χ1) is 8.65. The fourth-order valence-corrected chi connectivity index (χ4v) is 2.90. The van der Waals surface area contributed by atoms with Gasteiger partial charge in [0.25, 0.3) is 0 Å². The molecule has 5 heteroatoms. The van der Waals surface area contributed by atoms with Crippen molar-refractivity contribution in [3.8, 4) is 0 Å². The standard InChI is InChI=1S/C13H19N5/c1-8-7-12-16-17-13(18(12)9(2)15-8)10-3-5-11(14)6-4-10/h7,10-11H,3-6,14H2,1-2H3. The third-order valence-corrected chi connectivity index (χ3v) is 3.85. The number of fused-ring (bicyclic) bond motifs is 1. The van der Waals surface area contributed by atoms with E-state index in [4.69, 9.17) is 5.73 Å². The number of aromatic nitrogens is 4. The van der Waals surface area contributed by atoms with Crippen molar-refractivity contribution in [3.63, 3.8) is 0 Å². The SMILES string of the molecule is Cc1cc2nnc(C3CCC(N)CC3)n2c(C)n1. The van der Waals surface area contributed by atoms with Gasteiger partial charge in [0.1, 0.15) is 11.6 Å². The van der Waals surface area contributed by atoms with Crippen LogP contribution >= 0.6 is 0 Å². The van der Waals surface area contributed by atoms with E-state index in [0.29, 0.717) is 12.0 Å². The second kappa shape index (κ2) is 4.31. The summed E-state index contributed by atoms with van der Waals surface area (Å²) in [4.78, 5) is 4.50. The van der Waals surface area contributed by atoms with Gasteiger partial charge < -0.3 is 5.73 Å². The molecule has 3 rings (SSSR count). The number of nitrogens with two attached hydrogens (primary N) is 1. The van der Waals surface area contributed by atoms with E-state index in [0.717, 1.165) is 48.7 Å². The van der Waals surface area contributed by atoms with Gasteiger partial charge in [-0.1, -0.05) is 0 Å². The van der Waals surface area contributed by atoms with Crippen LogP contribution in [0.3, 0.4) is 0 Å². The minimum absolute atomic E-state index is 0.363. The molecule has 0 atom stereocenters. The molecule has 0 unspecified atom stereocenters. The Bertz CT molecular complexity index is 566. The van der Waals surface area contributed by atoms with Gasteiger partial charge in [0, 0.05) is 23.7 Å². The summed E-state index contributed by atoms with van der Waals surface area (Å²) in [6.07, 6.45) is 4.38. The lowest BCUT2D eigenvalue weighted by atomic mass is 9.86. The fourth-order valence-electron chi connectivity index (χ4n) is 2.90. The number of aryl methyl sites for hydroxylation is 2. The summed E-state index contributed by atoms with van der Waals surface area (Å²) in [7, 11) is 0. The molecular weight excluding hydrogens is 226 g/mol. The summed E-state index contributed by atoms with van der Waals surface area (Å²) in [5, 5.41) is 8.65. The summed E-state index contributed by atoms with van der Waals surface area (Å²) >= 11 is 0. The van der Waals surface area contributed by atoms with Crippen LogP contribution in [0.5, 0.6) is 0 Å². The van der Waals surface area contributed by atoms with Crippen LogP contribution in [-0.2, 0) is 0 Å². The lowest BCUT2D eigenvalue weighted by molar-refractivity contribution is 0.382. The van der Waals surface area contributed by atoms with Crippen molar-refractivity contribution in [2.45, 2.75) is 51.5 Å². The molecule has 0 aromatic carbocycles. The Labute approximate surface area is 106 Å². The molecule has 0 radical (unpaired) electrons. The van der Waals surface area contributed by atoms with Gasteiger partial charge in [0.05, 0.1) is 0 Å². The highest BCUT2D eigenvalue weighted by Crippen LogP contribution is 2.31. The Morgan fingerprint density at radius 3 is 2.61 bits per heavy atom. The highest BCUT2D eigenvalue weighted by atomic mass is 15.3. The lowest BCUT2D eigenvalue weighted by Gasteiger charge is -2.24. The van der Waals surface area contributed by atoms with E-state index in [9.17, 15) is 0 Å². The zero-order chi connectivity index (χ0) is 12.7. The second-order valence-corrected chi connectivity index (χ2v) is 5.31. The van der Waals surface area contributed by atoms with Crippen LogP contribution in [0, 0.1) is 13.8 Å². The van der Waals surface area contributed by atoms with Crippen molar-refractivity contribution >= 4 is 5.65 Å². The van der Waals surface area contributed by atoms with E-state index >= 15 is 0 Å². The summed E-state index contributed by atoms with van der Waals surface area (Å²) in [5.41, 5.74) is 7.86. The van der Waals surface area contributed by atoms with E-state index in [1.54, 1.807) is 0 Å². The first-order valence-electron chi connectivity index (χ1n) is 6.60. The van der Waals surface area contributed by atoms with Crippen LogP contribution in [0.25, 0.3) is 5.65 Å². The highest BCUT2D eigenvalue weighted by molar-refractivity contribution is 5.40. The Kier molecular flexibility index (Phi) is 2.78. The zero-order valence-electron chi connectivity index (χ0n) is 10.9. The van der Waals surface area contributed by atoms with Crippen molar-refractivity contribution in [3.05, 3.63) is 23.4 Å². The Balaban J connectivity index is 2.02. The molecule has 2 N–H and O–H groups in total. The molecule has 5 nitrogen and oxygen atoms in total. The quantitative estimate of drug-likeness (QED) is 0.830. The average Bonchev–Trinajstić information content (AvgIpc) is 2.74. The van der Waals surface area contributed by atoms with E-state index in [-0.39, 0.29) is 0 Å². The third kappa shape index (κ3) is 1.88. The molecule has 0 saturated heterocycles. The summed E-state index contributed by atoms with van der Waals surface area (Å²) in [6, 6.07) is 2.35. The molecule has 1 fully saturated rings. The maximum absolute atomic E-state index is 5.96. The van der Waals surface area contributed by atoms with Crippen LogP contribution in [0.1, 0.15) is 48.9 Å². The normalized spacial score (nSPS) is 24.6. The molecule has 96 valence electrons. The molecule has 0 aliphatic heterocycles. The topological polar surface area (TPSA) is 69.1 Å². The largest absolute Gasteiger partial charge is 0.328 e. The number of rotatable bonds is 1. The van der Waals surface area contributed by atoms with Crippen LogP contribution in [0.15, 0.2) is 6.07 Å². The van der Waals surface area contributed by atoms with Crippen LogP contribution < -0.4 is 5.73 Å². The zero-order valence-corrected chi connectivity index (χ0v) is 10.9.